The van der Waals surface area contributed by atoms with Crippen LogP contribution in [0, 0.1) is 0 Å². The monoisotopic (exact) mass is 495 g/mol. The van der Waals surface area contributed by atoms with E-state index in [1.165, 1.54) is 0 Å². The predicted octanol–water partition coefficient (Wildman–Crippen LogP) is 6.96. The van der Waals surface area contributed by atoms with E-state index in [0.717, 1.165) is 27.0 Å². The molecule has 0 saturated heterocycles. The molecule has 0 heterocycles. The lowest BCUT2D eigenvalue weighted by Gasteiger charge is -2.15. The molecule has 0 unspecified atom stereocenters. The summed E-state index contributed by atoms with van der Waals surface area (Å²) in [5.74, 6) is 2.10. The van der Waals surface area contributed by atoms with E-state index in [4.69, 9.17) is 37.4 Å². The second kappa shape index (κ2) is 10.1. The maximum atomic E-state index is 6.07. The Hall–Kier alpha value is -2.08. The van der Waals surface area contributed by atoms with Gasteiger partial charge in [-0.1, -0.05) is 29.3 Å². The first-order valence-electron chi connectivity index (χ1n) is 8.81. The first-order chi connectivity index (χ1) is 14.0. The Morgan fingerprint density at radius 1 is 0.862 bits per heavy atom. The molecule has 152 valence electrons. The van der Waals surface area contributed by atoms with Crippen molar-refractivity contribution in [3.63, 3.8) is 0 Å². The number of rotatable bonds is 8. The van der Waals surface area contributed by atoms with Crippen LogP contribution in [0.5, 0.6) is 17.2 Å². The highest BCUT2D eigenvalue weighted by molar-refractivity contribution is 9.10. The molecular formula is C22H20BrCl2NO3. The van der Waals surface area contributed by atoms with Crippen molar-refractivity contribution in [2.45, 2.75) is 13.2 Å². The highest BCUT2D eigenvalue weighted by Crippen LogP contribution is 2.37. The van der Waals surface area contributed by atoms with Crippen LogP contribution in [0.3, 0.4) is 0 Å². The molecule has 0 fully saturated rings. The van der Waals surface area contributed by atoms with Gasteiger partial charge in [0.15, 0.2) is 11.5 Å². The normalized spacial score (nSPS) is 10.5. The van der Waals surface area contributed by atoms with Gasteiger partial charge < -0.3 is 19.5 Å². The largest absolute Gasteiger partial charge is 0.497 e. The number of halogens is 3. The molecule has 1 N–H and O–H groups in total. The number of nitrogens with one attached hydrogen (secondary N) is 1. The highest BCUT2D eigenvalue weighted by Gasteiger charge is 2.12. The van der Waals surface area contributed by atoms with Crippen LogP contribution < -0.4 is 19.5 Å². The summed E-state index contributed by atoms with van der Waals surface area (Å²) in [5.41, 5.74) is 2.96. The van der Waals surface area contributed by atoms with Crippen molar-refractivity contribution < 1.29 is 14.2 Å². The molecule has 0 bridgehead atoms. The summed E-state index contributed by atoms with van der Waals surface area (Å²) in [6.45, 7) is 0.976. The van der Waals surface area contributed by atoms with E-state index < -0.39 is 0 Å². The van der Waals surface area contributed by atoms with Crippen molar-refractivity contribution in [3.05, 3.63) is 80.2 Å². The van der Waals surface area contributed by atoms with Gasteiger partial charge in [0.1, 0.15) is 12.4 Å². The minimum atomic E-state index is 0.343. The van der Waals surface area contributed by atoms with Crippen LogP contribution in [0.1, 0.15) is 11.1 Å². The third kappa shape index (κ3) is 5.72. The Morgan fingerprint density at radius 2 is 1.62 bits per heavy atom. The molecule has 0 aliphatic rings. The second-order valence-electron chi connectivity index (χ2n) is 6.23. The van der Waals surface area contributed by atoms with Crippen LogP contribution in [-0.2, 0) is 13.2 Å². The molecule has 4 nitrogen and oxygen atoms in total. The Kier molecular flexibility index (Phi) is 7.53. The van der Waals surface area contributed by atoms with Crippen molar-refractivity contribution in [1.29, 1.82) is 0 Å². The Balaban J connectivity index is 1.69. The molecule has 0 amide bonds. The summed E-state index contributed by atoms with van der Waals surface area (Å²) < 4.78 is 17.5. The van der Waals surface area contributed by atoms with Gasteiger partial charge in [0.25, 0.3) is 0 Å². The Morgan fingerprint density at radius 3 is 2.28 bits per heavy atom. The molecule has 0 aliphatic heterocycles. The zero-order chi connectivity index (χ0) is 20.8. The van der Waals surface area contributed by atoms with Crippen molar-refractivity contribution in [3.8, 4) is 17.2 Å². The van der Waals surface area contributed by atoms with E-state index in [2.05, 4.69) is 21.2 Å². The second-order valence-corrected chi connectivity index (χ2v) is 7.90. The van der Waals surface area contributed by atoms with Gasteiger partial charge in [-0.05, 0) is 75.6 Å². The number of hydrogen-bond acceptors (Lipinski definition) is 4. The molecule has 7 heteroatoms. The van der Waals surface area contributed by atoms with Crippen LogP contribution in [0.4, 0.5) is 5.69 Å². The average Bonchev–Trinajstić information content (AvgIpc) is 2.73. The van der Waals surface area contributed by atoms with Gasteiger partial charge in [-0.25, -0.2) is 0 Å². The third-order valence-electron chi connectivity index (χ3n) is 4.24. The number of hydrogen-bond donors (Lipinski definition) is 1. The molecule has 0 aliphatic carbocycles. The van der Waals surface area contributed by atoms with E-state index in [9.17, 15) is 0 Å². The van der Waals surface area contributed by atoms with Gasteiger partial charge in [0.05, 0.1) is 28.7 Å². The molecular weight excluding hydrogens is 477 g/mol. The molecule has 0 atom stereocenters. The zero-order valence-corrected chi connectivity index (χ0v) is 19.1. The summed E-state index contributed by atoms with van der Waals surface area (Å²) in [4.78, 5) is 0. The minimum absolute atomic E-state index is 0.343. The molecule has 3 aromatic rings. The zero-order valence-electron chi connectivity index (χ0n) is 16.0. The first kappa shape index (κ1) is 21.6. The molecule has 0 radical (unpaired) electrons. The number of ether oxygens (including phenoxy) is 3. The van der Waals surface area contributed by atoms with Crippen molar-refractivity contribution in [1.82, 2.24) is 0 Å². The fraction of sp³-hybridized carbons (Fsp3) is 0.182. The van der Waals surface area contributed by atoms with Gasteiger partial charge in [0, 0.05) is 12.2 Å². The van der Waals surface area contributed by atoms with E-state index in [-0.39, 0.29) is 0 Å². The highest BCUT2D eigenvalue weighted by atomic mass is 79.9. The summed E-state index contributed by atoms with van der Waals surface area (Å²) in [5, 5.41) is 4.40. The number of methoxy groups -OCH3 is 2. The lowest BCUT2D eigenvalue weighted by molar-refractivity contribution is 0.282. The molecule has 3 rings (SSSR count). The number of anilines is 1. The summed E-state index contributed by atoms with van der Waals surface area (Å²) >= 11 is 15.6. The van der Waals surface area contributed by atoms with E-state index in [1.54, 1.807) is 26.4 Å². The predicted molar refractivity (Wildman–Crippen MR) is 122 cm³/mol. The van der Waals surface area contributed by atoms with E-state index in [0.29, 0.717) is 34.7 Å². The molecule has 3 aromatic carbocycles. The van der Waals surface area contributed by atoms with Crippen LogP contribution >= 0.6 is 39.1 Å². The van der Waals surface area contributed by atoms with Crippen LogP contribution in [0.25, 0.3) is 0 Å². The van der Waals surface area contributed by atoms with Gasteiger partial charge in [-0.15, -0.1) is 0 Å². The van der Waals surface area contributed by atoms with Gasteiger partial charge in [0.2, 0.25) is 0 Å². The molecule has 0 aromatic heterocycles. The summed E-state index contributed by atoms with van der Waals surface area (Å²) in [7, 11) is 3.27. The summed E-state index contributed by atoms with van der Waals surface area (Å²) in [6, 6.07) is 17.1. The smallest absolute Gasteiger partial charge is 0.175 e. The van der Waals surface area contributed by atoms with Crippen LogP contribution in [0.2, 0.25) is 10.0 Å². The van der Waals surface area contributed by atoms with Crippen molar-refractivity contribution in [2.75, 3.05) is 19.5 Å². The maximum Gasteiger partial charge on any atom is 0.175 e. The average molecular weight is 497 g/mol. The fourth-order valence-electron chi connectivity index (χ4n) is 2.71. The minimum Gasteiger partial charge on any atom is -0.497 e. The molecule has 29 heavy (non-hydrogen) atoms. The van der Waals surface area contributed by atoms with E-state index >= 15 is 0 Å². The van der Waals surface area contributed by atoms with Crippen LogP contribution in [0.15, 0.2) is 59.1 Å². The van der Waals surface area contributed by atoms with Gasteiger partial charge in [-0.3, -0.25) is 0 Å². The Labute approximate surface area is 188 Å². The fourth-order valence-corrected chi connectivity index (χ4v) is 3.64. The Bertz CT molecular complexity index is 981. The van der Waals surface area contributed by atoms with Gasteiger partial charge >= 0.3 is 0 Å². The van der Waals surface area contributed by atoms with Crippen molar-refractivity contribution >= 4 is 44.8 Å². The summed E-state index contributed by atoms with van der Waals surface area (Å²) in [6.07, 6.45) is 0. The SMILES string of the molecule is COc1ccc(NCc2cc(Br)c(OCc3ccc(Cl)c(Cl)c3)c(OC)c2)cc1. The molecule has 0 spiro atoms. The molecule has 0 saturated carbocycles. The van der Waals surface area contributed by atoms with Gasteiger partial charge in [-0.2, -0.15) is 0 Å². The van der Waals surface area contributed by atoms with Crippen LogP contribution in [-0.4, -0.2) is 14.2 Å². The standard InChI is InChI=1S/C22H20BrCl2NO3/c1-27-17-6-4-16(5-7-17)26-12-15-9-18(23)22(21(11-15)28-2)29-13-14-3-8-19(24)20(25)10-14/h3-11,26H,12-13H2,1-2H3. The lowest BCUT2D eigenvalue weighted by Crippen LogP contribution is -2.03. The third-order valence-corrected chi connectivity index (χ3v) is 5.57. The number of benzene rings is 3. The maximum absolute atomic E-state index is 6.07. The first-order valence-corrected chi connectivity index (χ1v) is 10.4. The van der Waals surface area contributed by atoms with E-state index in [1.807, 2.05) is 42.5 Å². The topological polar surface area (TPSA) is 39.7 Å². The lowest BCUT2D eigenvalue weighted by atomic mass is 10.2. The quantitative estimate of drug-likeness (QED) is 0.365. The van der Waals surface area contributed by atoms with Crippen molar-refractivity contribution in [2.24, 2.45) is 0 Å².